The zero-order chi connectivity index (χ0) is 13.4. The molecule has 0 saturated carbocycles. The third kappa shape index (κ3) is 8.41. The van der Waals surface area contributed by atoms with Gasteiger partial charge in [-0.1, -0.05) is 13.8 Å². The number of nitrogens with one attached hydrogen (secondary N) is 1. The average Bonchev–Trinajstić information content (AvgIpc) is 2.14. The lowest BCUT2D eigenvalue weighted by Crippen LogP contribution is -2.23. The van der Waals surface area contributed by atoms with E-state index in [2.05, 4.69) is 0 Å². The molecule has 0 rings (SSSR count). The zero-order valence-electron chi connectivity index (χ0n) is 10.7. The van der Waals surface area contributed by atoms with Gasteiger partial charge in [0, 0.05) is 12.5 Å². The summed E-state index contributed by atoms with van der Waals surface area (Å²) in [5, 5.41) is 8.40. The van der Waals surface area contributed by atoms with Gasteiger partial charge in [0.15, 0.2) is 0 Å². The summed E-state index contributed by atoms with van der Waals surface area (Å²) in [6.07, 6.45) is 1.34. The van der Waals surface area contributed by atoms with Gasteiger partial charge < -0.3 is 9.64 Å². The molecule has 0 unspecified atom stereocenters. The Bertz CT molecular complexity index is 298. The molecule has 0 heterocycles. The molecular weight excluding hydrogens is 224 g/mol. The molecule has 0 saturated heterocycles. The van der Waals surface area contributed by atoms with Crippen molar-refractivity contribution in [3.63, 3.8) is 0 Å². The van der Waals surface area contributed by atoms with Crippen molar-refractivity contribution in [3.8, 4) is 0 Å². The SMILES string of the molecule is CC(C)CC(=O)O/C(=C\C(=O)NO)CN(C)C. The Kier molecular flexibility index (Phi) is 7.16. The fourth-order valence-corrected chi connectivity index (χ4v) is 1.12. The van der Waals surface area contributed by atoms with Gasteiger partial charge in [-0.25, -0.2) is 5.48 Å². The van der Waals surface area contributed by atoms with E-state index in [9.17, 15) is 9.59 Å². The minimum atomic E-state index is -0.723. The van der Waals surface area contributed by atoms with Crippen molar-refractivity contribution in [2.45, 2.75) is 20.3 Å². The molecular formula is C11H20N2O4. The molecule has 0 radical (unpaired) electrons. The fraction of sp³-hybridized carbons (Fsp3) is 0.636. The lowest BCUT2D eigenvalue weighted by atomic mass is 10.1. The van der Waals surface area contributed by atoms with E-state index in [1.165, 1.54) is 5.48 Å². The molecule has 17 heavy (non-hydrogen) atoms. The Morgan fingerprint density at radius 2 is 2.00 bits per heavy atom. The van der Waals surface area contributed by atoms with Crippen LogP contribution in [0.1, 0.15) is 20.3 Å². The smallest absolute Gasteiger partial charge is 0.311 e. The van der Waals surface area contributed by atoms with Gasteiger partial charge >= 0.3 is 5.97 Å². The summed E-state index contributed by atoms with van der Waals surface area (Å²) in [4.78, 5) is 24.1. The van der Waals surface area contributed by atoms with Crippen LogP contribution in [0.5, 0.6) is 0 Å². The van der Waals surface area contributed by atoms with Crippen LogP contribution in [-0.2, 0) is 14.3 Å². The number of esters is 1. The summed E-state index contributed by atoms with van der Waals surface area (Å²) in [5.41, 5.74) is 1.46. The highest BCUT2D eigenvalue weighted by Gasteiger charge is 2.11. The number of hydrogen-bond donors (Lipinski definition) is 2. The highest BCUT2D eigenvalue weighted by molar-refractivity contribution is 5.87. The second kappa shape index (κ2) is 7.81. The number of hydroxylamine groups is 1. The molecule has 98 valence electrons. The molecule has 0 aromatic rings. The van der Waals surface area contributed by atoms with E-state index in [1.54, 1.807) is 19.0 Å². The number of likely N-dealkylation sites (N-methyl/N-ethyl adjacent to an activating group) is 1. The van der Waals surface area contributed by atoms with E-state index < -0.39 is 5.91 Å². The molecule has 0 aromatic carbocycles. The number of carbonyl (C=O) groups excluding carboxylic acids is 2. The van der Waals surface area contributed by atoms with Gasteiger partial charge in [0.05, 0.1) is 6.54 Å². The highest BCUT2D eigenvalue weighted by Crippen LogP contribution is 2.06. The minimum Gasteiger partial charge on any atom is -0.429 e. The Labute approximate surface area is 101 Å². The van der Waals surface area contributed by atoms with Crippen molar-refractivity contribution in [1.82, 2.24) is 10.4 Å². The molecule has 1 amide bonds. The van der Waals surface area contributed by atoms with Crippen LogP contribution in [0.2, 0.25) is 0 Å². The van der Waals surface area contributed by atoms with Crippen LogP contribution < -0.4 is 5.48 Å². The standard InChI is InChI=1S/C11H20N2O4/c1-8(2)5-11(15)17-9(7-13(3)4)6-10(14)12-16/h6,8,16H,5,7H2,1-4H3,(H,12,14)/b9-6-. The molecule has 6 heteroatoms. The maximum Gasteiger partial charge on any atom is 0.311 e. The van der Waals surface area contributed by atoms with Crippen LogP contribution in [0.4, 0.5) is 0 Å². The Hall–Kier alpha value is -1.40. The number of amides is 1. The van der Waals surface area contributed by atoms with E-state index in [4.69, 9.17) is 9.94 Å². The lowest BCUT2D eigenvalue weighted by Gasteiger charge is -2.14. The maximum atomic E-state index is 11.4. The molecule has 0 aliphatic heterocycles. The molecule has 0 atom stereocenters. The van der Waals surface area contributed by atoms with Crippen molar-refractivity contribution in [1.29, 1.82) is 0 Å². The van der Waals surface area contributed by atoms with E-state index >= 15 is 0 Å². The third-order valence-electron chi connectivity index (χ3n) is 1.69. The minimum absolute atomic E-state index is 0.190. The van der Waals surface area contributed by atoms with E-state index in [1.807, 2.05) is 13.8 Å². The van der Waals surface area contributed by atoms with Crippen LogP contribution >= 0.6 is 0 Å². The second-order valence-corrected chi connectivity index (χ2v) is 4.40. The molecule has 6 nitrogen and oxygen atoms in total. The monoisotopic (exact) mass is 244 g/mol. The number of nitrogens with zero attached hydrogens (tertiary/aromatic N) is 1. The van der Waals surface area contributed by atoms with Gasteiger partial charge in [-0.2, -0.15) is 0 Å². The van der Waals surface area contributed by atoms with Crippen molar-refractivity contribution < 1.29 is 19.5 Å². The lowest BCUT2D eigenvalue weighted by molar-refractivity contribution is -0.140. The second-order valence-electron chi connectivity index (χ2n) is 4.40. The van der Waals surface area contributed by atoms with Gasteiger partial charge in [0.2, 0.25) is 0 Å². The predicted octanol–water partition coefficient (Wildman–Crippen LogP) is 0.527. The Morgan fingerprint density at radius 3 is 2.41 bits per heavy atom. The first-order valence-corrected chi connectivity index (χ1v) is 5.35. The molecule has 0 aromatic heterocycles. The Morgan fingerprint density at radius 1 is 1.41 bits per heavy atom. The van der Waals surface area contributed by atoms with E-state index in [0.29, 0.717) is 6.54 Å². The molecule has 0 bridgehead atoms. The van der Waals surface area contributed by atoms with Crippen LogP contribution in [0.3, 0.4) is 0 Å². The van der Waals surface area contributed by atoms with E-state index in [-0.39, 0.29) is 24.1 Å². The summed E-state index contributed by atoms with van der Waals surface area (Å²) < 4.78 is 5.05. The summed E-state index contributed by atoms with van der Waals surface area (Å²) in [5.74, 6) is -0.722. The number of hydrogen-bond acceptors (Lipinski definition) is 5. The van der Waals surface area contributed by atoms with Crippen LogP contribution in [0.25, 0.3) is 0 Å². The van der Waals surface area contributed by atoms with Crippen molar-refractivity contribution in [3.05, 3.63) is 11.8 Å². The topological polar surface area (TPSA) is 78.9 Å². The fourth-order valence-electron chi connectivity index (χ4n) is 1.12. The molecule has 0 aliphatic carbocycles. The first kappa shape index (κ1) is 15.6. The first-order valence-electron chi connectivity index (χ1n) is 5.35. The highest BCUT2D eigenvalue weighted by atomic mass is 16.5. The summed E-state index contributed by atoms with van der Waals surface area (Å²) in [6, 6.07) is 0. The van der Waals surface area contributed by atoms with E-state index in [0.717, 1.165) is 6.08 Å². The molecule has 2 N–H and O–H groups in total. The quantitative estimate of drug-likeness (QED) is 0.234. The third-order valence-corrected chi connectivity index (χ3v) is 1.69. The van der Waals surface area contributed by atoms with Crippen molar-refractivity contribution >= 4 is 11.9 Å². The number of carbonyl (C=O) groups is 2. The van der Waals surface area contributed by atoms with Crippen molar-refractivity contribution in [2.75, 3.05) is 20.6 Å². The zero-order valence-corrected chi connectivity index (χ0v) is 10.7. The van der Waals surface area contributed by atoms with Crippen molar-refractivity contribution in [2.24, 2.45) is 5.92 Å². The van der Waals surface area contributed by atoms with Gasteiger partial charge in [0.1, 0.15) is 5.76 Å². The average molecular weight is 244 g/mol. The maximum absolute atomic E-state index is 11.4. The number of rotatable bonds is 6. The van der Waals surface area contributed by atoms with Crippen LogP contribution in [0.15, 0.2) is 11.8 Å². The summed E-state index contributed by atoms with van der Waals surface area (Å²) in [7, 11) is 3.56. The summed E-state index contributed by atoms with van der Waals surface area (Å²) in [6.45, 7) is 4.10. The first-order chi connectivity index (χ1) is 7.85. The normalized spacial score (nSPS) is 11.8. The van der Waals surface area contributed by atoms with Gasteiger partial charge in [-0.05, 0) is 20.0 Å². The largest absolute Gasteiger partial charge is 0.429 e. The predicted molar refractivity (Wildman–Crippen MR) is 62.1 cm³/mol. The van der Waals surface area contributed by atoms with Gasteiger partial charge in [-0.15, -0.1) is 0 Å². The van der Waals surface area contributed by atoms with Gasteiger partial charge in [0.25, 0.3) is 5.91 Å². The van der Waals surface area contributed by atoms with Crippen LogP contribution in [-0.4, -0.2) is 42.6 Å². The molecule has 0 fully saturated rings. The number of ether oxygens (including phenoxy) is 1. The molecule has 0 spiro atoms. The molecule has 0 aliphatic rings. The van der Waals surface area contributed by atoms with Gasteiger partial charge in [-0.3, -0.25) is 14.8 Å². The van der Waals surface area contributed by atoms with Crippen LogP contribution in [0, 0.1) is 5.92 Å². The Balaban J connectivity index is 4.54. The summed E-state index contributed by atoms with van der Waals surface area (Å²) >= 11 is 0.